The van der Waals surface area contributed by atoms with E-state index in [0.717, 1.165) is 9.90 Å². The molecular formula is C12H11NOS2. The number of hydrogen-bond donors (Lipinski definition) is 0. The number of hydrogen-bond acceptors (Lipinski definition) is 4. The molecule has 0 spiro atoms. The van der Waals surface area contributed by atoms with Gasteiger partial charge < -0.3 is 0 Å². The fraction of sp³-hybridized carbons (Fsp3) is 0.167. The number of aromatic nitrogens is 1. The average Bonchev–Trinajstić information content (AvgIpc) is 2.80. The number of thioether (sulfide) groups is 1. The number of nitrogens with zero attached hydrogens (tertiary/aromatic N) is 1. The number of aryl methyl sites for hydroxylation is 1. The molecule has 0 bridgehead atoms. The standard InChI is InChI=1S/C12H11NOS2/c1-9-2-4-10(5-3-9)11(14)8-16-12-13-6-7-15-12/h2-7H,8H2,1H3. The number of carbonyl (C=O) groups is 1. The third-order valence-electron chi connectivity index (χ3n) is 2.11. The van der Waals surface area contributed by atoms with Gasteiger partial charge in [0.05, 0.1) is 5.75 Å². The highest BCUT2D eigenvalue weighted by Crippen LogP contribution is 2.21. The molecule has 0 N–H and O–H groups in total. The lowest BCUT2D eigenvalue weighted by molar-refractivity contribution is 0.102. The highest BCUT2D eigenvalue weighted by atomic mass is 32.2. The quantitative estimate of drug-likeness (QED) is 0.614. The Morgan fingerprint density at radius 1 is 1.38 bits per heavy atom. The van der Waals surface area contributed by atoms with Crippen LogP contribution in [0.3, 0.4) is 0 Å². The maximum atomic E-state index is 11.8. The third-order valence-corrected chi connectivity index (χ3v) is 4.08. The van der Waals surface area contributed by atoms with Crippen LogP contribution in [0.5, 0.6) is 0 Å². The van der Waals surface area contributed by atoms with E-state index in [1.165, 1.54) is 17.3 Å². The second kappa shape index (κ2) is 5.27. The fourth-order valence-corrected chi connectivity index (χ4v) is 2.76. The van der Waals surface area contributed by atoms with E-state index in [9.17, 15) is 4.79 Å². The van der Waals surface area contributed by atoms with Crippen LogP contribution < -0.4 is 0 Å². The van der Waals surface area contributed by atoms with Crippen molar-refractivity contribution in [3.05, 3.63) is 47.0 Å². The van der Waals surface area contributed by atoms with E-state index in [1.807, 2.05) is 36.6 Å². The summed E-state index contributed by atoms with van der Waals surface area (Å²) in [4.78, 5) is 15.9. The summed E-state index contributed by atoms with van der Waals surface area (Å²) in [5, 5.41) is 1.92. The van der Waals surface area contributed by atoms with E-state index in [1.54, 1.807) is 17.5 Å². The van der Waals surface area contributed by atoms with Gasteiger partial charge >= 0.3 is 0 Å². The van der Waals surface area contributed by atoms with Gasteiger partial charge in [-0.1, -0.05) is 41.6 Å². The Morgan fingerprint density at radius 3 is 2.75 bits per heavy atom. The Morgan fingerprint density at radius 2 is 2.12 bits per heavy atom. The molecule has 0 atom stereocenters. The Kier molecular flexibility index (Phi) is 3.74. The van der Waals surface area contributed by atoms with Crippen LogP contribution >= 0.6 is 23.1 Å². The van der Waals surface area contributed by atoms with Crippen LogP contribution in [0.2, 0.25) is 0 Å². The monoisotopic (exact) mass is 249 g/mol. The van der Waals surface area contributed by atoms with E-state index >= 15 is 0 Å². The number of carbonyl (C=O) groups excluding carboxylic acids is 1. The number of thiazole rings is 1. The highest BCUT2D eigenvalue weighted by Gasteiger charge is 2.07. The Labute approximate surface area is 103 Å². The van der Waals surface area contributed by atoms with Crippen molar-refractivity contribution in [3.63, 3.8) is 0 Å². The average molecular weight is 249 g/mol. The van der Waals surface area contributed by atoms with Crippen molar-refractivity contribution in [1.82, 2.24) is 4.98 Å². The molecule has 16 heavy (non-hydrogen) atoms. The third kappa shape index (κ3) is 2.93. The van der Waals surface area contributed by atoms with Gasteiger partial charge in [0.2, 0.25) is 0 Å². The lowest BCUT2D eigenvalue weighted by Crippen LogP contribution is -2.01. The minimum absolute atomic E-state index is 0.153. The molecule has 2 rings (SSSR count). The number of rotatable bonds is 4. The van der Waals surface area contributed by atoms with E-state index in [0.29, 0.717) is 5.75 Å². The minimum Gasteiger partial charge on any atom is -0.293 e. The molecule has 0 radical (unpaired) electrons. The maximum absolute atomic E-state index is 11.8. The zero-order valence-corrected chi connectivity index (χ0v) is 10.5. The summed E-state index contributed by atoms with van der Waals surface area (Å²) in [6.07, 6.45) is 1.75. The lowest BCUT2D eigenvalue weighted by Gasteiger charge is -1.99. The minimum atomic E-state index is 0.153. The maximum Gasteiger partial charge on any atom is 0.173 e. The van der Waals surface area contributed by atoms with Crippen LogP contribution in [0.15, 0.2) is 40.2 Å². The van der Waals surface area contributed by atoms with Crippen LogP contribution in [-0.2, 0) is 0 Å². The Balaban J connectivity index is 1.95. The second-order valence-corrected chi connectivity index (χ2v) is 5.49. The van der Waals surface area contributed by atoms with E-state index in [2.05, 4.69) is 4.98 Å². The molecule has 0 aliphatic heterocycles. The van der Waals surface area contributed by atoms with Gasteiger partial charge in [-0.15, -0.1) is 11.3 Å². The van der Waals surface area contributed by atoms with Gasteiger partial charge in [0.15, 0.2) is 5.78 Å². The first-order chi connectivity index (χ1) is 7.75. The van der Waals surface area contributed by atoms with Crippen LogP contribution in [0, 0.1) is 6.92 Å². The molecule has 1 aromatic heterocycles. The van der Waals surface area contributed by atoms with E-state index in [-0.39, 0.29) is 5.78 Å². The van der Waals surface area contributed by atoms with Gasteiger partial charge in [-0.2, -0.15) is 0 Å². The van der Waals surface area contributed by atoms with Crippen molar-refractivity contribution in [3.8, 4) is 0 Å². The van der Waals surface area contributed by atoms with E-state index < -0.39 is 0 Å². The summed E-state index contributed by atoms with van der Waals surface area (Å²) < 4.78 is 0.945. The largest absolute Gasteiger partial charge is 0.293 e. The van der Waals surface area contributed by atoms with E-state index in [4.69, 9.17) is 0 Å². The molecule has 0 amide bonds. The summed E-state index contributed by atoms with van der Waals surface area (Å²) in [5.41, 5.74) is 1.94. The summed E-state index contributed by atoms with van der Waals surface area (Å²) in [5.74, 6) is 0.608. The zero-order chi connectivity index (χ0) is 11.4. The number of Topliss-reactive ketones (excluding diaryl/α,β-unsaturated/α-hetero) is 1. The summed E-state index contributed by atoms with van der Waals surface area (Å²) in [6, 6.07) is 7.67. The fourth-order valence-electron chi connectivity index (χ4n) is 1.23. The first kappa shape index (κ1) is 11.4. The molecule has 4 heteroatoms. The zero-order valence-electron chi connectivity index (χ0n) is 8.84. The van der Waals surface area contributed by atoms with Gasteiger partial charge in [-0.25, -0.2) is 4.98 Å². The molecule has 0 aliphatic rings. The van der Waals surface area contributed by atoms with Gasteiger partial charge in [0.25, 0.3) is 0 Å². The Bertz CT molecular complexity index is 462. The van der Waals surface area contributed by atoms with Crippen LogP contribution in [-0.4, -0.2) is 16.5 Å². The molecule has 1 heterocycles. The predicted octanol–water partition coefficient (Wildman–Crippen LogP) is 3.43. The lowest BCUT2D eigenvalue weighted by atomic mass is 10.1. The first-order valence-electron chi connectivity index (χ1n) is 4.88. The second-order valence-electron chi connectivity index (χ2n) is 3.38. The first-order valence-corrected chi connectivity index (χ1v) is 6.74. The number of ketones is 1. The van der Waals surface area contributed by atoms with Crippen molar-refractivity contribution in [2.75, 3.05) is 5.75 Å². The number of benzene rings is 1. The van der Waals surface area contributed by atoms with Crippen LogP contribution in [0.1, 0.15) is 15.9 Å². The Hall–Kier alpha value is -1.13. The van der Waals surface area contributed by atoms with Crippen LogP contribution in [0.4, 0.5) is 0 Å². The van der Waals surface area contributed by atoms with Gasteiger partial charge in [-0.05, 0) is 6.92 Å². The molecule has 1 aromatic carbocycles. The molecule has 0 unspecified atom stereocenters. The molecule has 2 nitrogen and oxygen atoms in total. The van der Waals surface area contributed by atoms with Crippen molar-refractivity contribution in [2.24, 2.45) is 0 Å². The molecule has 82 valence electrons. The summed E-state index contributed by atoms with van der Waals surface area (Å²) in [7, 11) is 0. The summed E-state index contributed by atoms with van der Waals surface area (Å²) >= 11 is 3.05. The molecule has 0 saturated heterocycles. The predicted molar refractivity (Wildman–Crippen MR) is 68.3 cm³/mol. The smallest absolute Gasteiger partial charge is 0.173 e. The van der Waals surface area contributed by atoms with Gasteiger partial charge in [0, 0.05) is 17.1 Å². The topological polar surface area (TPSA) is 30.0 Å². The molecule has 0 fully saturated rings. The SMILES string of the molecule is Cc1ccc(C(=O)CSc2nccs2)cc1. The summed E-state index contributed by atoms with van der Waals surface area (Å²) in [6.45, 7) is 2.01. The van der Waals surface area contributed by atoms with Gasteiger partial charge in [-0.3, -0.25) is 4.79 Å². The van der Waals surface area contributed by atoms with Gasteiger partial charge in [0.1, 0.15) is 4.34 Å². The normalized spacial score (nSPS) is 10.3. The van der Waals surface area contributed by atoms with Crippen molar-refractivity contribution >= 4 is 28.9 Å². The van der Waals surface area contributed by atoms with Crippen molar-refractivity contribution < 1.29 is 4.79 Å². The molecule has 0 aliphatic carbocycles. The molecule has 2 aromatic rings. The highest BCUT2D eigenvalue weighted by molar-refractivity contribution is 8.01. The molecule has 0 saturated carbocycles. The van der Waals surface area contributed by atoms with Crippen LogP contribution in [0.25, 0.3) is 0 Å². The molecular weight excluding hydrogens is 238 g/mol. The van der Waals surface area contributed by atoms with Crippen molar-refractivity contribution in [2.45, 2.75) is 11.3 Å². The van der Waals surface area contributed by atoms with Crippen molar-refractivity contribution in [1.29, 1.82) is 0 Å².